The molecular formula is C9H10BrNS. The molecule has 1 aliphatic rings. The van der Waals surface area contributed by atoms with Crippen molar-refractivity contribution < 1.29 is 0 Å². The number of thioether (sulfide) groups is 1. The molecule has 0 spiro atoms. The second kappa shape index (κ2) is 3.40. The maximum absolute atomic E-state index is 5.85. The molecule has 1 aromatic carbocycles. The van der Waals surface area contributed by atoms with Crippen molar-refractivity contribution in [3.63, 3.8) is 0 Å². The van der Waals surface area contributed by atoms with Crippen LogP contribution in [0.4, 0.5) is 0 Å². The smallest absolute Gasteiger partial charge is 0.0557 e. The standard InChI is InChI=1S/C9H10BrNS/c10-7-2-1-3-8-6(7)4-5-9(11)12-8/h1-3,9H,4-5,11H2. The van der Waals surface area contributed by atoms with Gasteiger partial charge >= 0.3 is 0 Å². The van der Waals surface area contributed by atoms with Gasteiger partial charge in [0.2, 0.25) is 0 Å². The van der Waals surface area contributed by atoms with Crippen molar-refractivity contribution in [2.24, 2.45) is 5.73 Å². The summed E-state index contributed by atoms with van der Waals surface area (Å²) in [6.07, 6.45) is 2.19. The minimum atomic E-state index is 0.284. The zero-order valence-corrected chi connectivity index (χ0v) is 8.99. The van der Waals surface area contributed by atoms with Gasteiger partial charge in [-0.05, 0) is 30.5 Å². The molecule has 1 aliphatic heterocycles. The van der Waals surface area contributed by atoms with E-state index >= 15 is 0 Å². The van der Waals surface area contributed by atoms with Crippen LogP contribution in [0.15, 0.2) is 27.6 Å². The van der Waals surface area contributed by atoms with Crippen LogP contribution in [0.25, 0.3) is 0 Å². The highest BCUT2D eigenvalue weighted by Crippen LogP contribution is 2.36. The molecule has 2 rings (SSSR count). The molecule has 0 amide bonds. The molecule has 0 aliphatic carbocycles. The van der Waals surface area contributed by atoms with Gasteiger partial charge in [-0.15, -0.1) is 11.8 Å². The van der Waals surface area contributed by atoms with Gasteiger partial charge in [-0.3, -0.25) is 0 Å². The Morgan fingerprint density at radius 1 is 1.50 bits per heavy atom. The van der Waals surface area contributed by atoms with Crippen molar-refractivity contribution in [3.05, 3.63) is 28.2 Å². The van der Waals surface area contributed by atoms with E-state index in [0.717, 1.165) is 12.8 Å². The highest BCUT2D eigenvalue weighted by Gasteiger charge is 2.17. The molecular weight excluding hydrogens is 234 g/mol. The summed E-state index contributed by atoms with van der Waals surface area (Å²) in [6.45, 7) is 0. The first kappa shape index (κ1) is 8.60. The molecule has 1 heterocycles. The molecule has 3 heteroatoms. The Kier molecular flexibility index (Phi) is 2.44. The third-order valence-corrected chi connectivity index (χ3v) is 3.95. The van der Waals surface area contributed by atoms with Crippen LogP contribution in [0.1, 0.15) is 12.0 Å². The largest absolute Gasteiger partial charge is 0.319 e. The molecule has 0 saturated heterocycles. The third kappa shape index (κ3) is 1.53. The van der Waals surface area contributed by atoms with Crippen molar-refractivity contribution in [2.75, 3.05) is 0 Å². The van der Waals surface area contributed by atoms with E-state index in [1.165, 1.54) is 14.9 Å². The summed E-state index contributed by atoms with van der Waals surface area (Å²) in [7, 11) is 0. The molecule has 0 radical (unpaired) electrons. The lowest BCUT2D eigenvalue weighted by Crippen LogP contribution is -2.20. The molecule has 0 bridgehead atoms. The second-order valence-corrected chi connectivity index (χ2v) is 5.05. The van der Waals surface area contributed by atoms with Gasteiger partial charge in [-0.2, -0.15) is 0 Å². The van der Waals surface area contributed by atoms with Gasteiger partial charge in [0.1, 0.15) is 0 Å². The Morgan fingerprint density at radius 2 is 2.33 bits per heavy atom. The van der Waals surface area contributed by atoms with Gasteiger partial charge in [-0.1, -0.05) is 22.0 Å². The minimum Gasteiger partial charge on any atom is -0.319 e. The van der Waals surface area contributed by atoms with Crippen LogP contribution in [0.5, 0.6) is 0 Å². The van der Waals surface area contributed by atoms with Crippen LogP contribution < -0.4 is 5.73 Å². The Hall–Kier alpha value is 0.01000. The van der Waals surface area contributed by atoms with Crippen LogP contribution in [-0.4, -0.2) is 5.37 Å². The van der Waals surface area contributed by atoms with Crippen LogP contribution in [0.2, 0.25) is 0 Å². The first-order valence-electron chi connectivity index (χ1n) is 3.97. The maximum Gasteiger partial charge on any atom is 0.0557 e. The van der Waals surface area contributed by atoms with E-state index in [2.05, 4.69) is 34.1 Å². The van der Waals surface area contributed by atoms with E-state index in [4.69, 9.17) is 5.73 Å². The Balaban J connectivity index is 2.42. The first-order chi connectivity index (χ1) is 5.77. The van der Waals surface area contributed by atoms with Crippen LogP contribution >= 0.6 is 27.7 Å². The van der Waals surface area contributed by atoms with E-state index in [0.29, 0.717) is 0 Å². The van der Waals surface area contributed by atoms with E-state index in [1.807, 2.05) is 0 Å². The quantitative estimate of drug-likeness (QED) is 0.759. The summed E-state index contributed by atoms with van der Waals surface area (Å²) < 4.78 is 1.22. The zero-order chi connectivity index (χ0) is 8.55. The van der Waals surface area contributed by atoms with Gasteiger partial charge in [0.05, 0.1) is 5.37 Å². The molecule has 12 heavy (non-hydrogen) atoms. The van der Waals surface area contributed by atoms with Crippen molar-refractivity contribution in [1.82, 2.24) is 0 Å². The first-order valence-corrected chi connectivity index (χ1v) is 5.64. The van der Waals surface area contributed by atoms with Crippen LogP contribution in [-0.2, 0) is 6.42 Å². The highest BCUT2D eigenvalue weighted by molar-refractivity contribution is 9.10. The van der Waals surface area contributed by atoms with Crippen molar-refractivity contribution in [2.45, 2.75) is 23.1 Å². The summed E-state index contributed by atoms with van der Waals surface area (Å²) in [5.74, 6) is 0. The molecule has 1 unspecified atom stereocenters. The van der Waals surface area contributed by atoms with Crippen molar-refractivity contribution in [1.29, 1.82) is 0 Å². The van der Waals surface area contributed by atoms with Crippen LogP contribution in [0.3, 0.4) is 0 Å². The topological polar surface area (TPSA) is 26.0 Å². The molecule has 1 aromatic rings. The summed E-state index contributed by atoms with van der Waals surface area (Å²) in [6, 6.07) is 6.30. The molecule has 0 fully saturated rings. The fourth-order valence-electron chi connectivity index (χ4n) is 1.40. The van der Waals surface area contributed by atoms with Gasteiger partial charge in [0, 0.05) is 9.37 Å². The fraction of sp³-hybridized carbons (Fsp3) is 0.333. The van der Waals surface area contributed by atoms with Gasteiger partial charge in [-0.25, -0.2) is 0 Å². The average Bonchev–Trinajstić information content (AvgIpc) is 2.04. The predicted octanol–water partition coefficient (Wildman–Crippen LogP) is 2.77. The van der Waals surface area contributed by atoms with E-state index in [1.54, 1.807) is 11.8 Å². The Morgan fingerprint density at radius 3 is 3.17 bits per heavy atom. The second-order valence-electron chi connectivity index (χ2n) is 2.91. The average molecular weight is 244 g/mol. The van der Waals surface area contributed by atoms with E-state index < -0.39 is 0 Å². The number of fused-ring (bicyclic) bond motifs is 1. The fourth-order valence-corrected chi connectivity index (χ4v) is 3.17. The molecule has 1 atom stereocenters. The third-order valence-electron chi connectivity index (χ3n) is 2.03. The number of nitrogens with two attached hydrogens (primary N) is 1. The van der Waals surface area contributed by atoms with Gasteiger partial charge < -0.3 is 5.73 Å². The Bertz CT molecular complexity index is 301. The number of hydrogen-bond donors (Lipinski definition) is 1. The number of halogens is 1. The lowest BCUT2D eigenvalue weighted by Gasteiger charge is -2.21. The normalized spacial score (nSPS) is 22.0. The number of benzene rings is 1. The van der Waals surface area contributed by atoms with Crippen molar-refractivity contribution in [3.8, 4) is 0 Å². The lowest BCUT2D eigenvalue weighted by molar-refractivity contribution is 0.755. The molecule has 64 valence electrons. The molecule has 2 N–H and O–H groups in total. The predicted molar refractivity (Wildman–Crippen MR) is 56.3 cm³/mol. The van der Waals surface area contributed by atoms with Crippen LogP contribution in [0, 0.1) is 0 Å². The SMILES string of the molecule is NC1CCc2c(Br)cccc2S1. The zero-order valence-electron chi connectivity index (χ0n) is 6.59. The summed E-state index contributed by atoms with van der Waals surface area (Å²) >= 11 is 5.32. The van der Waals surface area contributed by atoms with E-state index in [9.17, 15) is 0 Å². The number of rotatable bonds is 0. The monoisotopic (exact) mass is 243 g/mol. The summed E-state index contributed by atoms with van der Waals surface area (Å²) in [5.41, 5.74) is 7.27. The summed E-state index contributed by atoms with van der Waals surface area (Å²) in [5, 5.41) is 0.284. The molecule has 1 nitrogen and oxygen atoms in total. The van der Waals surface area contributed by atoms with Gasteiger partial charge in [0.15, 0.2) is 0 Å². The molecule has 0 aromatic heterocycles. The highest BCUT2D eigenvalue weighted by atomic mass is 79.9. The lowest BCUT2D eigenvalue weighted by atomic mass is 10.1. The minimum absolute atomic E-state index is 0.284. The maximum atomic E-state index is 5.85. The molecule has 0 saturated carbocycles. The summed E-state index contributed by atoms with van der Waals surface area (Å²) in [4.78, 5) is 1.34. The Labute approximate surface area is 84.9 Å². The van der Waals surface area contributed by atoms with Gasteiger partial charge in [0.25, 0.3) is 0 Å². The van der Waals surface area contributed by atoms with Crippen molar-refractivity contribution >= 4 is 27.7 Å². The number of hydrogen-bond acceptors (Lipinski definition) is 2. The van der Waals surface area contributed by atoms with E-state index in [-0.39, 0.29) is 5.37 Å².